The smallest absolute Gasteiger partial charge is 0.306 e. The van der Waals surface area contributed by atoms with Gasteiger partial charge in [0, 0.05) is 6.42 Å². The Hall–Kier alpha value is -2.59. The summed E-state index contributed by atoms with van der Waals surface area (Å²) >= 11 is 0. The van der Waals surface area contributed by atoms with Crippen LogP contribution in [0.15, 0.2) is 35.5 Å². The molecule has 0 saturated carbocycles. The number of aromatic nitrogens is 2. The van der Waals surface area contributed by atoms with Crippen molar-refractivity contribution >= 4 is 16.0 Å². The molecule has 0 aliphatic heterocycles. The summed E-state index contributed by atoms with van der Waals surface area (Å²) in [5.74, 6) is 5.34. The molecule has 7 heteroatoms. The maximum atomic E-state index is 12.8. The highest BCUT2D eigenvalue weighted by atomic mass is 32.2. The molecule has 0 saturated heterocycles. The van der Waals surface area contributed by atoms with Crippen LogP contribution in [-0.4, -0.2) is 30.5 Å². The highest BCUT2D eigenvalue weighted by molar-refractivity contribution is 7.90. The number of hydrogen-bond acceptors (Lipinski definition) is 5. The van der Waals surface area contributed by atoms with Crippen LogP contribution in [0, 0.1) is 18.8 Å². The molecular formula is C18H20N2O4S. The summed E-state index contributed by atoms with van der Waals surface area (Å²) in [5.41, 5.74) is 1.91. The van der Waals surface area contributed by atoms with Crippen LogP contribution in [-0.2, 0) is 26.0 Å². The molecule has 0 aliphatic rings. The molecule has 25 heavy (non-hydrogen) atoms. The van der Waals surface area contributed by atoms with Crippen LogP contribution in [0.4, 0.5) is 0 Å². The first-order valence-corrected chi connectivity index (χ1v) is 9.28. The van der Waals surface area contributed by atoms with E-state index >= 15 is 0 Å². The number of imidazole rings is 1. The minimum atomic E-state index is -3.71. The Morgan fingerprint density at radius 3 is 2.56 bits per heavy atom. The number of hydrogen-bond donors (Lipinski definition) is 0. The van der Waals surface area contributed by atoms with Gasteiger partial charge in [-0.2, -0.15) is 0 Å². The van der Waals surface area contributed by atoms with Gasteiger partial charge in [-0.15, -0.1) is 0 Å². The van der Waals surface area contributed by atoms with Crippen molar-refractivity contribution in [1.29, 1.82) is 0 Å². The first-order chi connectivity index (χ1) is 11.9. The van der Waals surface area contributed by atoms with Gasteiger partial charge in [0.2, 0.25) is 0 Å². The van der Waals surface area contributed by atoms with Gasteiger partial charge in [-0.3, -0.25) is 4.79 Å². The molecule has 0 atom stereocenters. The van der Waals surface area contributed by atoms with Crippen LogP contribution in [0.25, 0.3) is 0 Å². The number of ether oxygens (including phenoxy) is 1. The zero-order chi connectivity index (χ0) is 18.4. The molecular weight excluding hydrogens is 340 g/mol. The summed E-state index contributed by atoms with van der Waals surface area (Å²) in [4.78, 5) is 15.4. The predicted molar refractivity (Wildman–Crippen MR) is 93.5 cm³/mol. The van der Waals surface area contributed by atoms with E-state index < -0.39 is 10.0 Å². The molecule has 0 N–H and O–H groups in total. The molecule has 2 rings (SSSR count). The monoisotopic (exact) mass is 360 g/mol. The number of carbonyl (C=O) groups is 1. The second-order valence-corrected chi connectivity index (χ2v) is 7.20. The summed E-state index contributed by atoms with van der Waals surface area (Å²) in [6, 6.07) is 6.66. The fraction of sp³-hybridized carbons (Fsp3) is 0.333. The van der Waals surface area contributed by atoms with E-state index in [1.807, 2.05) is 13.8 Å². The second kappa shape index (κ2) is 7.99. The zero-order valence-corrected chi connectivity index (χ0v) is 15.3. The average Bonchev–Trinajstić information content (AvgIpc) is 3.02. The van der Waals surface area contributed by atoms with E-state index in [9.17, 15) is 13.2 Å². The Kier molecular flexibility index (Phi) is 5.99. The SMILES string of the molecule is CCc1c(C#CCCC(=O)OC)ncn1S(=O)(=O)c1ccc(C)cc1. The number of aryl methyl sites for hydroxylation is 1. The van der Waals surface area contributed by atoms with Crippen LogP contribution < -0.4 is 0 Å². The predicted octanol–water partition coefficient (Wildman–Crippen LogP) is 2.30. The molecule has 0 fully saturated rings. The van der Waals surface area contributed by atoms with Crippen molar-refractivity contribution in [2.75, 3.05) is 7.11 Å². The number of esters is 1. The van der Waals surface area contributed by atoms with Gasteiger partial charge in [0.05, 0.1) is 24.1 Å². The third kappa shape index (κ3) is 4.28. The fourth-order valence-corrected chi connectivity index (χ4v) is 3.61. The first-order valence-electron chi connectivity index (χ1n) is 7.84. The third-order valence-corrected chi connectivity index (χ3v) is 5.33. The highest BCUT2D eigenvalue weighted by Gasteiger charge is 2.21. The van der Waals surface area contributed by atoms with Gasteiger partial charge in [0.25, 0.3) is 10.0 Å². The molecule has 0 spiro atoms. The van der Waals surface area contributed by atoms with E-state index in [1.165, 1.54) is 17.4 Å². The van der Waals surface area contributed by atoms with E-state index in [2.05, 4.69) is 21.6 Å². The molecule has 2 aromatic rings. The van der Waals surface area contributed by atoms with Gasteiger partial charge in [-0.25, -0.2) is 17.4 Å². The Labute approximate surface area is 147 Å². The van der Waals surface area contributed by atoms with E-state index in [-0.39, 0.29) is 17.3 Å². The molecule has 1 heterocycles. The van der Waals surface area contributed by atoms with Gasteiger partial charge < -0.3 is 4.74 Å². The van der Waals surface area contributed by atoms with Gasteiger partial charge in [0.15, 0.2) is 0 Å². The lowest BCUT2D eigenvalue weighted by atomic mass is 10.2. The van der Waals surface area contributed by atoms with Gasteiger partial charge in [0.1, 0.15) is 12.0 Å². The van der Waals surface area contributed by atoms with Crippen LogP contribution in [0.3, 0.4) is 0 Å². The zero-order valence-electron chi connectivity index (χ0n) is 14.4. The Morgan fingerprint density at radius 1 is 1.28 bits per heavy atom. The fourth-order valence-electron chi connectivity index (χ4n) is 2.23. The van der Waals surface area contributed by atoms with Crippen molar-refractivity contribution in [3.05, 3.63) is 47.5 Å². The van der Waals surface area contributed by atoms with Crippen molar-refractivity contribution in [3.63, 3.8) is 0 Å². The number of rotatable bonds is 5. The second-order valence-electron chi connectivity index (χ2n) is 5.39. The molecule has 132 valence electrons. The van der Waals surface area contributed by atoms with Gasteiger partial charge in [-0.1, -0.05) is 30.5 Å². The van der Waals surface area contributed by atoms with Gasteiger partial charge in [-0.05, 0) is 31.4 Å². The van der Waals surface area contributed by atoms with Crippen molar-refractivity contribution in [2.45, 2.75) is 38.0 Å². The normalized spacial score (nSPS) is 10.8. The summed E-state index contributed by atoms with van der Waals surface area (Å²) < 4.78 is 31.3. The molecule has 1 aromatic carbocycles. The largest absolute Gasteiger partial charge is 0.469 e. The number of carbonyl (C=O) groups excluding carboxylic acids is 1. The lowest BCUT2D eigenvalue weighted by Crippen LogP contribution is -2.15. The maximum absolute atomic E-state index is 12.8. The summed E-state index contributed by atoms with van der Waals surface area (Å²) in [7, 11) is -2.39. The standard InChI is InChI=1S/C18H20N2O4S/c1-4-17-16(7-5-6-8-18(21)24-3)19-13-20(17)25(22,23)15-11-9-14(2)10-12-15/h9-13H,4,6,8H2,1-3H3. The molecule has 0 aliphatic carbocycles. The van der Waals surface area contributed by atoms with Crippen LogP contribution in [0.1, 0.15) is 36.7 Å². The summed E-state index contributed by atoms with van der Waals surface area (Å²) in [5, 5.41) is 0. The number of nitrogens with zero attached hydrogens (tertiary/aromatic N) is 2. The minimum Gasteiger partial charge on any atom is -0.469 e. The molecule has 0 amide bonds. The third-order valence-electron chi connectivity index (χ3n) is 3.63. The first kappa shape index (κ1) is 18.7. The van der Waals surface area contributed by atoms with Crippen LogP contribution >= 0.6 is 0 Å². The van der Waals surface area contributed by atoms with Crippen LogP contribution in [0.5, 0.6) is 0 Å². The van der Waals surface area contributed by atoms with E-state index in [1.54, 1.807) is 24.3 Å². The highest BCUT2D eigenvalue weighted by Crippen LogP contribution is 2.18. The Balaban J connectivity index is 2.32. The lowest BCUT2D eigenvalue weighted by molar-refractivity contribution is -0.140. The van der Waals surface area contributed by atoms with Crippen LogP contribution in [0.2, 0.25) is 0 Å². The molecule has 0 unspecified atom stereocenters. The number of methoxy groups -OCH3 is 1. The van der Waals surface area contributed by atoms with Crippen molar-refractivity contribution in [1.82, 2.24) is 8.96 Å². The minimum absolute atomic E-state index is 0.188. The molecule has 0 bridgehead atoms. The van der Waals surface area contributed by atoms with Crippen molar-refractivity contribution in [2.24, 2.45) is 0 Å². The van der Waals surface area contributed by atoms with E-state index in [4.69, 9.17) is 0 Å². The average molecular weight is 360 g/mol. The molecule has 6 nitrogen and oxygen atoms in total. The quantitative estimate of drug-likeness (QED) is 0.604. The lowest BCUT2D eigenvalue weighted by Gasteiger charge is -2.09. The summed E-state index contributed by atoms with van der Waals surface area (Å²) in [6.07, 6.45) is 2.26. The van der Waals surface area contributed by atoms with E-state index in [0.717, 1.165) is 5.56 Å². The Bertz CT molecular complexity index is 916. The van der Waals surface area contributed by atoms with Gasteiger partial charge >= 0.3 is 5.97 Å². The van der Waals surface area contributed by atoms with E-state index in [0.29, 0.717) is 24.2 Å². The summed E-state index contributed by atoms with van der Waals surface area (Å²) in [6.45, 7) is 3.74. The maximum Gasteiger partial charge on any atom is 0.306 e. The molecule has 0 radical (unpaired) electrons. The molecule has 1 aromatic heterocycles. The Morgan fingerprint density at radius 2 is 1.96 bits per heavy atom. The topological polar surface area (TPSA) is 78.3 Å². The number of benzene rings is 1. The van der Waals surface area contributed by atoms with Crippen molar-refractivity contribution in [3.8, 4) is 11.8 Å². The van der Waals surface area contributed by atoms with Crippen molar-refractivity contribution < 1.29 is 17.9 Å².